The molecule has 0 radical (unpaired) electrons. The minimum Gasteiger partial charge on any atom is -0.497 e. The van der Waals surface area contributed by atoms with E-state index in [0.29, 0.717) is 27.7 Å². The van der Waals surface area contributed by atoms with Crippen LogP contribution in [0, 0.1) is 5.82 Å². The van der Waals surface area contributed by atoms with Crippen molar-refractivity contribution in [1.82, 2.24) is 9.97 Å². The summed E-state index contributed by atoms with van der Waals surface area (Å²) in [5.74, 6) is -0.326. The number of hydrogen-bond donors (Lipinski definition) is 1. The van der Waals surface area contributed by atoms with Crippen LogP contribution in [0.3, 0.4) is 0 Å². The minimum absolute atomic E-state index is 0.0636. The van der Waals surface area contributed by atoms with Crippen molar-refractivity contribution in [2.24, 2.45) is 5.73 Å². The molecule has 2 N–H and O–H groups in total. The topological polar surface area (TPSA) is 96.6 Å². The number of nitrogens with zero attached hydrogens (tertiary/aromatic N) is 2. The molecule has 0 fully saturated rings. The molecule has 1 atom stereocenters. The number of fused-ring (bicyclic) bond motifs is 1. The second-order valence-electron chi connectivity index (χ2n) is 7.82. The van der Waals surface area contributed by atoms with Gasteiger partial charge >= 0.3 is 5.97 Å². The number of benzene rings is 2. The van der Waals surface area contributed by atoms with Crippen LogP contribution in [0.4, 0.5) is 4.39 Å². The molecule has 0 aliphatic rings. The van der Waals surface area contributed by atoms with Gasteiger partial charge in [-0.05, 0) is 39.7 Å². The van der Waals surface area contributed by atoms with E-state index in [1.165, 1.54) is 6.07 Å². The number of halogens is 2. The molecule has 0 saturated carbocycles. The third-order valence-electron chi connectivity index (χ3n) is 5.19. The van der Waals surface area contributed by atoms with Crippen molar-refractivity contribution in [2.45, 2.75) is 19.1 Å². The number of carbonyl (C=O) groups excluding carboxylic acids is 1. The van der Waals surface area contributed by atoms with E-state index < -0.39 is 17.8 Å². The molecule has 2 heterocycles. The van der Waals surface area contributed by atoms with Crippen molar-refractivity contribution < 1.29 is 23.4 Å². The molecule has 0 saturated heterocycles. The Balaban J connectivity index is 1.54. The molecule has 0 aliphatic heterocycles. The quantitative estimate of drug-likeness (QED) is 0.240. The predicted octanol–water partition coefficient (Wildman–Crippen LogP) is 4.85. The Morgan fingerprint density at radius 1 is 1.14 bits per heavy atom. The maximum Gasteiger partial charge on any atom is 0.342 e. The molecule has 180 valence electrons. The van der Waals surface area contributed by atoms with E-state index in [1.807, 2.05) is 30.3 Å². The molecule has 7 nitrogen and oxygen atoms in total. The first kappa shape index (κ1) is 24.6. The van der Waals surface area contributed by atoms with Crippen LogP contribution in [0.1, 0.15) is 21.6 Å². The summed E-state index contributed by atoms with van der Waals surface area (Å²) in [5.41, 5.74) is 8.37. The van der Waals surface area contributed by atoms with Gasteiger partial charge in [0.2, 0.25) is 0 Å². The average molecular weight is 540 g/mol. The second-order valence-corrected chi connectivity index (χ2v) is 8.63. The van der Waals surface area contributed by atoms with Crippen LogP contribution in [-0.4, -0.2) is 35.7 Å². The highest BCUT2D eigenvalue weighted by Gasteiger charge is 2.21. The summed E-state index contributed by atoms with van der Waals surface area (Å²) >= 11 is 3.35. The monoisotopic (exact) mass is 539 g/mol. The number of esters is 1. The predicted molar refractivity (Wildman–Crippen MR) is 133 cm³/mol. The smallest absolute Gasteiger partial charge is 0.342 e. The van der Waals surface area contributed by atoms with Crippen molar-refractivity contribution in [3.8, 4) is 11.5 Å². The van der Waals surface area contributed by atoms with Crippen molar-refractivity contribution in [2.75, 3.05) is 13.7 Å². The number of pyridine rings is 2. The van der Waals surface area contributed by atoms with Gasteiger partial charge in [-0.3, -0.25) is 4.98 Å². The zero-order chi connectivity index (χ0) is 24.8. The Kier molecular flexibility index (Phi) is 7.89. The highest BCUT2D eigenvalue weighted by Crippen LogP contribution is 2.29. The Morgan fingerprint density at radius 3 is 2.71 bits per heavy atom. The van der Waals surface area contributed by atoms with E-state index in [0.717, 1.165) is 17.5 Å². The molecule has 0 unspecified atom stereocenters. The van der Waals surface area contributed by atoms with Crippen LogP contribution >= 0.6 is 15.9 Å². The van der Waals surface area contributed by atoms with Crippen LogP contribution in [0.5, 0.6) is 11.5 Å². The summed E-state index contributed by atoms with van der Waals surface area (Å²) in [6.07, 6.45) is 1.50. The lowest BCUT2D eigenvalue weighted by molar-refractivity contribution is 0.0470. The first-order chi connectivity index (χ1) is 16.9. The maximum absolute atomic E-state index is 14.0. The minimum atomic E-state index is -0.645. The van der Waals surface area contributed by atoms with Crippen LogP contribution in [-0.2, 0) is 17.8 Å². The van der Waals surface area contributed by atoms with E-state index in [2.05, 4.69) is 25.9 Å². The molecule has 35 heavy (non-hydrogen) atoms. The fourth-order valence-electron chi connectivity index (χ4n) is 3.55. The third kappa shape index (κ3) is 6.32. The largest absolute Gasteiger partial charge is 0.497 e. The summed E-state index contributed by atoms with van der Waals surface area (Å²) in [6, 6.07) is 16.9. The molecule has 4 aromatic rings. The van der Waals surface area contributed by atoms with Gasteiger partial charge in [-0.2, -0.15) is 0 Å². The number of aromatic nitrogens is 2. The first-order valence-corrected chi connectivity index (χ1v) is 11.6. The van der Waals surface area contributed by atoms with Gasteiger partial charge in [-0.1, -0.05) is 30.3 Å². The SMILES string of the molecule is COc1cc(Br)nc(C[C@@H](N)COc2ccc3ncc(F)cc3c2C(=O)OCc2ccccc2)c1. The Bertz CT molecular complexity index is 1340. The summed E-state index contributed by atoms with van der Waals surface area (Å²) in [4.78, 5) is 21.6. The van der Waals surface area contributed by atoms with Crippen molar-refractivity contribution >= 4 is 32.8 Å². The molecule has 0 aliphatic carbocycles. The van der Waals surface area contributed by atoms with Crippen molar-refractivity contribution in [1.29, 1.82) is 0 Å². The maximum atomic E-state index is 14.0. The van der Waals surface area contributed by atoms with Crippen LogP contribution in [0.2, 0.25) is 0 Å². The third-order valence-corrected chi connectivity index (χ3v) is 5.60. The second kappa shape index (κ2) is 11.2. The molecule has 2 aromatic heterocycles. The molecule has 4 rings (SSSR count). The van der Waals surface area contributed by atoms with Crippen LogP contribution in [0.25, 0.3) is 10.9 Å². The van der Waals surface area contributed by atoms with Gasteiger partial charge in [-0.15, -0.1) is 0 Å². The molecular formula is C26H23BrFN3O4. The molecule has 2 aromatic carbocycles. The highest BCUT2D eigenvalue weighted by atomic mass is 79.9. The zero-order valence-electron chi connectivity index (χ0n) is 18.9. The number of ether oxygens (including phenoxy) is 3. The van der Waals surface area contributed by atoms with E-state index in [9.17, 15) is 9.18 Å². The van der Waals surface area contributed by atoms with Gasteiger partial charge in [0.15, 0.2) is 0 Å². The number of nitrogens with two attached hydrogens (primary N) is 1. The van der Waals surface area contributed by atoms with Crippen LogP contribution in [0.15, 0.2) is 71.5 Å². The normalized spacial score (nSPS) is 11.8. The fraction of sp³-hybridized carbons (Fsp3) is 0.192. The van der Waals surface area contributed by atoms with Crippen LogP contribution < -0.4 is 15.2 Å². The van der Waals surface area contributed by atoms with Gasteiger partial charge in [0, 0.05) is 35.7 Å². The fourth-order valence-corrected chi connectivity index (χ4v) is 4.00. The molecule has 9 heteroatoms. The lowest BCUT2D eigenvalue weighted by Gasteiger charge is -2.17. The lowest BCUT2D eigenvalue weighted by atomic mass is 10.1. The number of rotatable bonds is 9. The van der Waals surface area contributed by atoms with Gasteiger partial charge in [0.25, 0.3) is 0 Å². The van der Waals surface area contributed by atoms with Crippen molar-refractivity contribution in [3.05, 3.63) is 94.1 Å². The Hall–Kier alpha value is -3.56. The summed E-state index contributed by atoms with van der Waals surface area (Å²) in [5, 5.41) is 0.299. The summed E-state index contributed by atoms with van der Waals surface area (Å²) < 4.78 is 31.4. The average Bonchev–Trinajstić information content (AvgIpc) is 2.85. The Labute approximate surface area is 210 Å². The van der Waals surface area contributed by atoms with E-state index in [4.69, 9.17) is 19.9 Å². The molecule has 0 spiro atoms. The van der Waals surface area contributed by atoms with E-state index in [-0.39, 0.29) is 24.5 Å². The van der Waals surface area contributed by atoms with Gasteiger partial charge < -0.3 is 19.9 Å². The molecular weight excluding hydrogens is 517 g/mol. The highest BCUT2D eigenvalue weighted by molar-refractivity contribution is 9.10. The number of hydrogen-bond acceptors (Lipinski definition) is 7. The lowest BCUT2D eigenvalue weighted by Crippen LogP contribution is -2.31. The van der Waals surface area contributed by atoms with Gasteiger partial charge in [-0.25, -0.2) is 14.2 Å². The zero-order valence-corrected chi connectivity index (χ0v) is 20.5. The van der Waals surface area contributed by atoms with Crippen molar-refractivity contribution in [3.63, 3.8) is 0 Å². The Morgan fingerprint density at radius 2 is 1.94 bits per heavy atom. The van der Waals surface area contributed by atoms with E-state index in [1.54, 1.807) is 31.4 Å². The molecule has 0 bridgehead atoms. The van der Waals surface area contributed by atoms with E-state index >= 15 is 0 Å². The standard InChI is InChI=1S/C26H23BrFN3O4/c1-33-20-11-19(31-24(27)12-20)10-18(29)15-34-23-8-7-22-21(9-17(28)13-30-22)25(23)26(32)35-14-16-5-3-2-4-6-16/h2-9,11-13,18H,10,14-15,29H2,1H3/t18-/m1/s1. The number of carbonyl (C=O) groups is 1. The summed E-state index contributed by atoms with van der Waals surface area (Å²) in [7, 11) is 1.57. The summed E-state index contributed by atoms with van der Waals surface area (Å²) in [6.45, 7) is 0.151. The van der Waals surface area contributed by atoms with Gasteiger partial charge in [0.05, 0.1) is 18.8 Å². The molecule has 0 amide bonds. The number of methoxy groups -OCH3 is 1. The van der Waals surface area contributed by atoms with Gasteiger partial charge in [0.1, 0.15) is 40.7 Å². The first-order valence-electron chi connectivity index (χ1n) is 10.8.